The maximum absolute atomic E-state index is 12.2. The van der Waals surface area contributed by atoms with Crippen LogP contribution >= 0.6 is 15.9 Å². The van der Waals surface area contributed by atoms with E-state index >= 15 is 0 Å². The van der Waals surface area contributed by atoms with Gasteiger partial charge in [-0.05, 0) is 43.6 Å². The highest BCUT2D eigenvalue weighted by Crippen LogP contribution is 2.15. The lowest BCUT2D eigenvalue weighted by molar-refractivity contribution is -0.00486. The minimum absolute atomic E-state index is 0.0837. The van der Waals surface area contributed by atoms with Gasteiger partial charge in [0.25, 0.3) is 5.91 Å². The van der Waals surface area contributed by atoms with Crippen molar-refractivity contribution in [1.82, 2.24) is 30.7 Å². The van der Waals surface area contributed by atoms with Gasteiger partial charge in [-0.25, -0.2) is 9.80 Å². The number of hydrazine groups is 1. The van der Waals surface area contributed by atoms with E-state index in [0.29, 0.717) is 24.2 Å². The van der Waals surface area contributed by atoms with Crippen molar-refractivity contribution in [2.75, 3.05) is 19.6 Å². The molecule has 1 aliphatic rings. The Hall–Kier alpha value is -1.68. The summed E-state index contributed by atoms with van der Waals surface area (Å²) >= 11 is 3.15. The molecular formula is C13H21BrN6O3. The van der Waals surface area contributed by atoms with Gasteiger partial charge in [0.1, 0.15) is 5.60 Å². The lowest BCUT2D eigenvalue weighted by atomic mass is 10.2. The van der Waals surface area contributed by atoms with Crippen LogP contribution in [0.25, 0.3) is 0 Å². The monoisotopic (exact) mass is 388 g/mol. The zero-order chi connectivity index (χ0) is 17.2. The molecule has 1 aliphatic heterocycles. The van der Waals surface area contributed by atoms with Gasteiger partial charge in [0, 0.05) is 25.7 Å². The minimum Gasteiger partial charge on any atom is -0.444 e. The van der Waals surface area contributed by atoms with Gasteiger partial charge in [0.2, 0.25) is 0 Å². The Morgan fingerprint density at radius 1 is 1.35 bits per heavy atom. The second kappa shape index (κ2) is 6.83. The fourth-order valence-corrected chi connectivity index (χ4v) is 2.56. The first-order valence-corrected chi connectivity index (χ1v) is 8.08. The van der Waals surface area contributed by atoms with Gasteiger partial charge in [-0.1, -0.05) is 0 Å². The van der Waals surface area contributed by atoms with Gasteiger partial charge >= 0.3 is 6.09 Å². The van der Waals surface area contributed by atoms with E-state index in [2.05, 4.69) is 36.8 Å². The Bertz CT molecular complexity index is 585. The highest BCUT2D eigenvalue weighted by atomic mass is 79.9. The van der Waals surface area contributed by atoms with Crippen molar-refractivity contribution in [3.63, 3.8) is 0 Å². The molecule has 0 unspecified atom stereocenters. The van der Waals surface area contributed by atoms with Crippen molar-refractivity contribution in [1.29, 1.82) is 0 Å². The third kappa shape index (κ3) is 4.64. The van der Waals surface area contributed by atoms with E-state index in [4.69, 9.17) is 4.74 Å². The number of carbonyl (C=O) groups excluding carboxylic acids is 2. The molecular weight excluding hydrogens is 368 g/mol. The number of rotatable bonds is 2. The lowest BCUT2D eigenvalue weighted by Gasteiger charge is -2.39. The maximum atomic E-state index is 12.2. The summed E-state index contributed by atoms with van der Waals surface area (Å²) in [6.07, 6.45) is -0.338. The van der Waals surface area contributed by atoms with Gasteiger partial charge < -0.3 is 9.64 Å². The number of ether oxygens (including phenoxy) is 1. The van der Waals surface area contributed by atoms with Crippen LogP contribution in [-0.2, 0) is 4.74 Å². The number of nitrogens with zero attached hydrogens (tertiary/aromatic N) is 4. The van der Waals surface area contributed by atoms with Gasteiger partial charge in [0.15, 0.2) is 10.3 Å². The highest BCUT2D eigenvalue weighted by molar-refractivity contribution is 9.10. The zero-order valence-electron chi connectivity index (χ0n) is 13.6. The SMILES string of the molecule is C[C@@H]1CN(NC(=O)c2n[nH]nc2Br)CCN1C(=O)OC(C)(C)C. The van der Waals surface area contributed by atoms with E-state index in [0.717, 1.165) is 0 Å². The van der Waals surface area contributed by atoms with E-state index < -0.39 is 5.60 Å². The number of aromatic amines is 1. The molecule has 10 heteroatoms. The standard InChI is InChI=1S/C13H21BrN6O3/c1-8-7-19(17-11(21)9-10(14)16-18-15-9)5-6-20(8)12(22)23-13(2,3)4/h8H,5-7H2,1-4H3,(H,17,21)(H,15,16,18)/t8-/m1/s1. The second-order valence-electron chi connectivity index (χ2n) is 6.37. The number of piperazine rings is 1. The third-order valence-corrected chi connectivity index (χ3v) is 3.79. The number of aromatic nitrogens is 3. The first kappa shape index (κ1) is 17.7. The lowest BCUT2D eigenvalue weighted by Crippen LogP contribution is -2.59. The molecule has 0 aromatic carbocycles. The molecule has 1 fully saturated rings. The molecule has 0 spiro atoms. The van der Waals surface area contributed by atoms with E-state index in [1.807, 2.05) is 27.7 Å². The number of hydrogen-bond donors (Lipinski definition) is 2. The van der Waals surface area contributed by atoms with E-state index in [1.54, 1.807) is 9.91 Å². The molecule has 1 aromatic heterocycles. The molecule has 0 aliphatic carbocycles. The number of hydrogen-bond acceptors (Lipinski definition) is 6. The predicted molar refractivity (Wildman–Crippen MR) is 85.5 cm³/mol. The molecule has 1 aromatic rings. The zero-order valence-corrected chi connectivity index (χ0v) is 15.2. The van der Waals surface area contributed by atoms with Gasteiger partial charge in [-0.3, -0.25) is 10.2 Å². The second-order valence-corrected chi connectivity index (χ2v) is 7.12. The summed E-state index contributed by atoms with van der Waals surface area (Å²) in [7, 11) is 0. The first-order valence-electron chi connectivity index (χ1n) is 7.29. The van der Waals surface area contributed by atoms with Crippen LogP contribution in [0.15, 0.2) is 4.60 Å². The third-order valence-electron chi connectivity index (χ3n) is 3.24. The van der Waals surface area contributed by atoms with Gasteiger partial charge in [-0.2, -0.15) is 5.21 Å². The van der Waals surface area contributed by atoms with Crippen molar-refractivity contribution < 1.29 is 14.3 Å². The molecule has 23 heavy (non-hydrogen) atoms. The minimum atomic E-state index is -0.526. The molecule has 1 saturated heterocycles. The molecule has 2 rings (SSSR count). The molecule has 128 valence electrons. The van der Waals surface area contributed by atoms with Gasteiger partial charge in [0.05, 0.1) is 0 Å². The van der Waals surface area contributed by atoms with E-state index in [9.17, 15) is 9.59 Å². The highest BCUT2D eigenvalue weighted by Gasteiger charge is 2.31. The Morgan fingerprint density at radius 3 is 2.57 bits per heavy atom. The van der Waals surface area contributed by atoms with Crippen molar-refractivity contribution in [3.8, 4) is 0 Å². The number of halogens is 1. The van der Waals surface area contributed by atoms with Crippen molar-refractivity contribution in [3.05, 3.63) is 10.3 Å². The summed E-state index contributed by atoms with van der Waals surface area (Å²) in [6.45, 7) is 8.89. The summed E-state index contributed by atoms with van der Waals surface area (Å²) in [5.74, 6) is -0.358. The Balaban J connectivity index is 1.90. The van der Waals surface area contributed by atoms with Gasteiger partial charge in [-0.15, -0.1) is 10.2 Å². The van der Waals surface area contributed by atoms with Crippen LogP contribution in [0.3, 0.4) is 0 Å². The van der Waals surface area contributed by atoms with Crippen LogP contribution in [0.1, 0.15) is 38.2 Å². The molecule has 1 atom stereocenters. The van der Waals surface area contributed by atoms with Crippen molar-refractivity contribution >= 4 is 27.9 Å². The number of amides is 2. The summed E-state index contributed by atoms with van der Waals surface area (Å²) in [4.78, 5) is 25.9. The quantitative estimate of drug-likeness (QED) is 0.787. The van der Waals surface area contributed by atoms with Crippen LogP contribution in [0.4, 0.5) is 4.79 Å². The molecule has 0 saturated carbocycles. The fraction of sp³-hybridized carbons (Fsp3) is 0.692. The average molecular weight is 389 g/mol. The summed E-state index contributed by atoms with van der Waals surface area (Å²) in [5.41, 5.74) is 2.42. The summed E-state index contributed by atoms with van der Waals surface area (Å²) in [6, 6.07) is -0.0837. The number of carbonyl (C=O) groups is 2. The molecule has 9 nitrogen and oxygen atoms in total. The molecule has 2 N–H and O–H groups in total. The average Bonchev–Trinajstić information content (AvgIpc) is 2.83. The Kier molecular flexibility index (Phi) is 5.25. The summed E-state index contributed by atoms with van der Waals surface area (Å²) < 4.78 is 5.75. The van der Waals surface area contributed by atoms with Crippen LogP contribution < -0.4 is 5.43 Å². The normalized spacial score (nSPS) is 19.5. The predicted octanol–water partition coefficient (Wildman–Crippen LogP) is 1.15. The van der Waals surface area contributed by atoms with Crippen molar-refractivity contribution in [2.45, 2.75) is 39.3 Å². The van der Waals surface area contributed by atoms with Crippen LogP contribution in [0.2, 0.25) is 0 Å². The Labute approximate surface area is 142 Å². The van der Waals surface area contributed by atoms with Crippen LogP contribution in [0.5, 0.6) is 0 Å². The van der Waals surface area contributed by atoms with Crippen LogP contribution in [-0.4, -0.2) is 68.6 Å². The van der Waals surface area contributed by atoms with Crippen molar-refractivity contribution in [2.24, 2.45) is 0 Å². The largest absolute Gasteiger partial charge is 0.444 e. The summed E-state index contributed by atoms with van der Waals surface area (Å²) in [5, 5.41) is 11.7. The molecule has 0 radical (unpaired) electrons. The number of H-pyrrole nitrogens is 1. The smallest absolute Gasteiger partial charge is 0.410 e. The number of nitrogens with one attached hydrogen (secondary N) is 2. The molecule has 0 bridgehead atoms. The van der Waals surface area contributed by atoms with E-state index in [1.165, 1.54) is 0 Å². The molecule has 2 heterocycles. The topological polar surface area (TPSA) is 103 Å². The molecule has 2 amide bonds. The van der Waals surface area contributed by atoms with Crippen LogP contribution in [0, 0.1) is 0 Å². The maximum Gasteiger partial charge on any atom is 0.410 e. The fourth-order valence-electron chi connectivity index (χ4n) is 2.21. The first-order chi connectivity index (χ1) is 10.7. The van der Waals surface area contributed by atoms with E-state index in [-0.39, 0.29) is 23.7 Å². The Morgan fingerprint density at radius 2 is 2.04 bits per heavy atom.